The van der Waals surface area contributed by atoms with Crippen molar-refractivity contribution in [1.82, 2.24) is 10.3 Å². The highest BCUT2D eigenvalue weighted by molar-refractivity contribution is 5.19. The molecule has 0 saturated carbocycles. The van der Waals surface area contributed by atoms with Crippen LogP contribution in [-0.2, 0) is 6.42 Å². The van der Waals surface area contributed by atoms with Gasteiger partial charge in [-0.3, -0.25) is 4.98 Å². The molecule has 1 atom stereocenters. The fourth-order valence-corrected chi connectivity index (χ4v) is 1.77. The van der Waals surface area contributed by atoms with E-state index in [2.05, 4.69) is 44.1 Å². The van der Waals surface area contributed by atoms with Crippen molar-refractivity contribution >= 4 is 0 Å². The highest BCUT2D eigenvalue weighted by atomic mass is 14.9. The van der Waals surface area contributed by atoms with E-state index >= 15 is 0 Å². The molecule has 84 valence electrons. The van der Waals surface area contributed by atoms with Gasteiger partial charge in [0.2, 0.25) is 0 Å². The van der Waals surface area contributed by atoms with Crippen LogP contribution in [0.4, 0.5) is 0 Å². The van der Waals surface area contributed by atoms with Crippen LogP contribution in [0, 0.1) is 12.3 Å². The highest BCUT2D eigenvalue weighted by Gasteiger charge is 2.23. The molecule has 0 aromatic carbocycles. The van der Waals surface area contributed by atoms with Gasteiger partial charge < -0.3 is 5.32 Å². The Bertz CT molecular complexity index is 313. The third-order valence-corrected chi connectivity index (χ3v) is 2.91. The van der Waals surface area contributed by atoms with Crippen LogP contribution in [0.3, 0.4) is 0 Å². The van der Waals surface area contributed by atoms with Crippen LogP contribution in [-0.4, -0.2) is 18.1 Å². The Morgan fingerprint density at radius 3 is 2.53 bits per heavy atom. The van der Waals surface area contributed by atoms with E-state index in [1.165, 1.54) is 11.3 Å². The third-order valence-electron chi connectivity index (χ3n) is 2.91. The molecule has 0 aliphatic rings. The fourth-order valence-electron chi connectivity index (χ4n) is 1.77. The van der Waals surface area contributed by atoms with E-state index in [1.54, 1.807) is 0 Å². The SMILES string of the molecule is CNC(Cc1ncccc1C)C(C)(C)C. The van der Waals surface area contributed by atoms with Gasteiger partial charge in [0, 0.05) is 24.4 Å². The van der Waals surface area contributed by atoms with Crippen molar-refractivity contribution in [2.45, 2.75) is 40.2 Å². The molecule has 1 N–H and O–H groups in total. The van der Waals surface area contributed by atoms with Crippen molar-refractivity contribution in [3.05, 3.63) is 29.6 Å². The first kappa shape index (κ1) is 12.2. The predicted octanol–water partition coefficient (Wildman–Crippen LogP) is 2.57. The van der Waals surface area contributed by atoms with Crippen LogP contribution < -0.4 is 5.32 Å². The minimum atomic E-state index is 0.263. The Balaban J connectivity index is 2.80. The highest BCUT2D eigenvalue weighted by Crippen LogP contribution is 2.22. The Kier molecular flexibility index (Phi) is 3.86. The Hall–Kier alpha value is -0.890. The largest absolute Gasteiger partial charge is 0.316 e. The van der Waals surface area contributed by atoms with E-state index < -0.39 is 0 Å². The molecule has 0 aliphatic heterocycles. The van der Waals surface area contributed by atoms with Gasteiger partial charge in [0.25, 0.3) is 0 Å². The van der Waals surface area contributed by atoms with Gasteiger partial charge in [-0.25, -0.2) is 0 Å². The summed E-state index contributed by atoms with van der Waals surface area (Å²) in [4.78, 5) is 4.44. The minimum absolute atomic E-state index is 0.263. The van der Waals surface area contributed by atoms with Gasteiger partial charge in [0.1, 0.15) is 0 Å². The van der Waals surface area contributed by atoms with E-state index in [0.717, 1.165) is 6.42 Å². The maximum Gasteiger partial charge on any atom is 0.0448 e. The van der Waals surface area contributed by atoms with E-state index in [1.807, 2.05) is 19.3 Å². The molecule has 0 aliphatic carbocycles. The minimum Gasteiger partial charge on any atom is -0.316 e. The van der Waals surface area contributed by atoms with Gasteiger partial charge in [-0.05, 0) is 31.0 Å². The summed E-state index contributed by atoms with van der Waals surface area (Å²) in [6, 6.07) is 4.58. The molecule has 0 fully saturated rings. The zero-order chi connectivity index (χ0) is 11.5. The van der Waals surface area contributed by atoms with Crippen molar-refractivity contribution in [1.29, 1.82) is 0 Å². The Labute approximate surface area is 93.1 Å². The molecule has 1 aromatic heterocycles. The number of aryl methyl sites for hydroxylation is 1. The first-order valence-corrected chi connectivity index (χ1v) is 5.53. The summed E-state index contributed by atoms with van der Waals surface area (Å²) in [5.74, 6) is 0. The number of aromatic nitrogens is 1. The van der Waals surface area contributed by atoms with Gasteiger partial charge in [0.05, 0.1) is 0 Å². The number of rotatable bonds is 3. The zero-order valence-electron chi connectivity index (χ0n) is 10.5. The molecular formula is C13H22N2. The molecule has 0 amide bonds. The predicted molar refractivity (Wildman–Crippen MR) is 65.0 cm³/mol. The number of likely N-dealkylation sites (N-methyl/N-ethyl adjacent to an activating group) is 1. The molecule has 1 heterocycles. The molecule has 0 bridgehead atoms. The first-order chi connectivity index (χ1) is 6.95. The normalized spacial score (nSPS) is 13.9. The summed E-state index contributed by atoms with van der Waals surface area (Å²) in [6.45, 7) is 8.89. The van der Waals surface area contributed by atoms with Crippen molar-refractivity contribution in [2.24, 2.45) is 5.41 Å². The van der Waals surface area contributed by atoms with Crippen LogP contribution in [0.1, 0.15) is 32.0 Å². The first-order valence-electron chi connectivity index (χ1n) is 5.53. The van der Waals surface area contributed by atoms with Gasteiger partial charge in [0.15, 0.2) is 0 Å². The Morgan fingerprint density at radius 1 is 1.40 bits per heavy atom. The van der Waals surface area contributed by atoms with Crippen molar-refractivity contribution < 1.29 is 0 Å². The van der Waals surface area contributed by atoms with E-state index in [-0.39, 0.29) is 5.41 Å². The monoisotopic (exact) mass is 206 g/mol. The number of pyridine rings is 1. The summed E-state index contributed by atoms with van der Waals surface area (Å²) in [5.41, 5.74) is 2.74. The van der Waals surface area contributed by atoms with Crippen LogP contribution in [0.2, 0.25) is 0 Å². The van der Waals surface area contributed by atoms with E-state index in [4.69, 9.17) is 0 Å². The average Bonchev–Trinajstić information content (AvgIpc) is 2.14. The van der Waals surface area contributed by atoms with Gasteiger partial charge in [-0.2, -0.15) is 0 Å². The topological polar surface area (TPSA) is 24.9 Å². The van der Waals surface area contributed by atoms with Crippen molar-refractivity contribution in [2.75, 3.05) is 7.05 Å². The lowest BCUT2D eigenvalue weighted by atomic mass is 9.83. The number of nitrogens with zero attached hydrogens (tertiary/aromatic N) is 1. The van der Waals surface area contributed by atoms with E-state index in [9.17, 15) is 0 Å². The standard InChI is InChI=1S/C13H22N2/c1-10-7-6-8-15-11(10)9-12(14-5)13(2,3)4/h6-8,12,14H,9H2,1-5H3. The summed E-state index contributed by atoms with van der Waals surface area (Å²) >= 11 is 0. The van der Waals surface area contributed by atoms with Gasteiger partial charge in [-0.15, -0.1) is 0 Å². The molecular weight excluding hydrogens is 184 g/mol. The molecule has 0 spiro atoms. The maximum absolute atomic E-state index is 4.44. The quantitative estimate of drug-likeness (QED) is 0.822. The number of hydrogen-bond acceptors (Lipinski definition) is 2. The summed E-state index contributed by atoms with van der Waals surface area (Å²) in [5, 5.41) is 3.38. The van der Waals surface area contributed by atoms with Crippen LogP contribution in [0.25, 0.3) is 0 Å². The summed E-state index contributed by atoms with van der Waals surface area (Å²) in [6.07, 6.45) is 2.87. The van der Waals surface area contributed by atoms with Crippen LogP contribution in [0.15, 0.2) is 18.3 Å². The van der Waals surface area contributed by atoms with Crippen LogP contribution >= 0.6 is 0 Å². The second kappa shape index (κ2) is 4.75. The molecule has 1 unspecified atom stereocenters. The lowest BCUT2D eigenvalue weighted by Crippen LogP contribution is -2.40. The van der Waals surface area contributed by atoms with Crippen LogP contribution in [0.5, 0.6) is 0 Å². The second-order valence-corrected chi connectivity index (χ2v) is 5.18. The molecule has 0 radical (unpaired) electrons. The average molecular weight is 206 g/mol. The molecule has 2 heteroatoms. The molecule has 0 saturated heterocycles. The van der Waals surface area contributed by atoms with Crippen molar-refractivity contribution in [3.63, 3.8) is 0 Å². The molecule has 2 nitrogen and oxygen atoms in total. The fraction of sp³-hybridized carbons (Fsp3) is 0.615. The third kappa shape index (κ3) is 3.31. The number of nitrogens with one attached hydrogen (secondary N) is 1. The second-order valence-electron chi connectivity index (χ2n) is 5.18. The molecule has 1 rings (SSSR count). The number of hydrogen-bond donors (Lipinski definition) is 1. The lowest BCUT2D eigenvalue weighted by Gasteiger charge is -2.30. The lowest BCUT2D eigenvalue weighted by molar-refractivity contribution is 0.278. The smallest absolute Gasteiger partial charge is 0.0448 e. The van der Waals surface area contributed by atoms with Gasteiger partial charge >= 0.3 is 0 Å². The molecule has 1 aromatic rings. The summed E-state index contributed by atoms with van der Waals surface area (Å²) < 4.78 is 0. The van der Waals surface area contributed by atoms with Gasteiger partial charge in [-0.1, -0.05) is 26.8 Å². The zero-order valence-corrected chi connectivity index (χ0v) is 10.5. The van der Waals surface area contributed by atoms with E-state index in [0.29, 0.717) is 6.04 Å². The molecule has 15 heavy (non-hydrogen) atoms. The Morgan fingerprint density at radius 2 is 2.07 bits per heavy atom. The maximum atomic E-state index is 4.44. The summed E-state index contributed by atoms with van der Waals surface area (Å²) in [7, 11) is 2.02. The van der Waals surface area contributed by atoms with Crippen molar-refractivity contribution in [3.8, 4) is 0 Å².